The second-order valence-corrected chi connectivity index (χ2v) is 5.15. The number of aromatic nitrogens is 1. The number of nitrogens with two attached hydrogens (primary N) is 1. The predicted molar refractivity (Wildman–Crippen MR) is 71.8 cm³/mol. The van der Waals surface area contributed by atoms with Crippen molar-refractivity contribution in [3.8, 4) is 16.3 Å². The van der Waals surface area contributed by atoms with Crippen LogP contribution in [0, 0.1) is 0 Å². The number of rotatable bonds is 2. The van der Waals surface area contributed by atoms with Gasteiger partial charge in [0.1, 0.15) is 10.8 Å². The van der Waals surface area contributed by atoms with Crippen LogP contribution in [0.25, 0.3) is 10.6 Å². The average molecular weight is 269 g/mol. The van der Waals surface area contributed by atoms with Crippen molar-refractivity contribution < 1.29 is 5.11 Å². The number of thiazole rings is 1. The highest BCUT2D eigenvalue weighted by atomic mass is 35.5. The molecule has 1 aromatic heterocycles. The summed E-state index contributed by atoms with van der Waals surface area (Å²) in [4.78, 5) is 5.57. The Morgan fingerprint density at radius 2 is 2.06 bits per heavy atom. The van der Waals surface area contributed by atoms with Gasteiger partial charge in [0.25, 0.3) is 0 Å². The van der Waals surface area contributed by atoms with Crippen molar-refractivity contribution in [3.63, 3.8) is 0 Å². The third kappa shape index (κ3) is 2.29. The molecule has 1 aliphatic rings. The molecule has 1 aliphatic carbocycles. The molecule has 0 amide bonds. The van der Waals surface area contributed by atoms with E-state index in [0.29, 0.717) is 12.0 Å². The zero-order chi connectivity index (χ0) is 11.1. The molecule has 0 saturated heterocycles. The number of halogens is 1. The van der Waals surface area contributed by atoms with Crippen LogP contribution in [0.4, 0.5) is 0 Å². The van der Waals surface area contributed by atoms with Crippen LogP contribution in [-0.2, 0) is 0 Å². The second-order valence-electron chi connectivity index (χ2n) is 4.09. The lowest BCUT2D eigenvalue weighted by Gasteiger charge is -1.98. The van der Waals surface area contributed by atoms with Crippen LogP contribution in [0.1, 0.15) is 17.2 Å². The monoisotopic (exact) mass is 268 g/mol. The summed E-state index contributed by atoms with van der Waals surface area (Å²) >= 11 is 1.62. The number of para-hydroxylation sites is 1. The summed E-state index contributed by atoms with van der Waals surface area (Å²) in [6.07, 6.45) is 2.94. The smallest absolute Gasteiger partial charge is 0.127 e. The van der Waals surface area contributed by atoms with E-state index in [0.717, 1.165) is 17.0 Å². The van der Waals surface area contributed by atoms with Gasteiger partial charge in [-0.15, -0.1) is 23.7 Å². The summed E-state index contributed by atoms with van der Waals surface area (Å²) in [5.41, 5.74) is 6.60. The van der Waals surface area contributed by atoms with Crippen LogP contribution < -0.4 is 5.73 Å². The van der Waals surface area contributed by atoms with Crippen LogP contribution in [0.3, 0.4) is 0 Å². The Labute approximate surface area is 110 Å². The van der Waals surface area contributed by atoms with E-state index in [1.54, 1.807) is 17.4 Å². The van der Waals surface area contributed by atoms with E-state index < -0.39 is 0 Å². The molecule has 0 unspecified atom stereocenters. The molecule has 3 rings (SSSR count). The molecule has 0 bridgehead atoms. The molecule has 1 fully saturated rings. The quantitative estimate of drug-likeness (QED) is 0.880. The van der Waals surface area contributed by atoms with Gasteiger partial charge in [0, 0.05) is 23.0 Å². The minimum Gasteiger partial charge on any atom is -0.507 e. The van der Waals surface area contributed by atoms with Gasteiger partial charge in [0.15, 0.2) is 0 Å². The zero-order valence-electron chi connectivity index (χ0n) is 9.04. The van der Waals surface area contributed by atoms with Crippen LogP contribution in [0.2, 0.25) is 0 Å². The Morgan fingerprint density at radius 3 is 2.71 bits per heavy atom. The van der Waals surface area contributed by atoms with Gasteiger partial charge >= 0.3 is 0 Å². The molecule has 0 spiro atoms. The Kier molecular flexibility index (Phi) is 3.38. The molecule has 2 aromatic rings. The molecule has 5 heteroatoms. The number of nitrogens with zero attached hydrogens (tertiary/aromatic N) is 1. The van der Waals surface area contributed by atoms with Crippen molar-refractivity contribution in [1.82, 2.24) is 4.98 Å². The van der Waals surface area contributed by atoms with Crippen LogP contribution >= 0.6 is 23.7 Å². The highest BCUT2D eigenvalue weighted by molar-refractivity contribution is 7.15. The van der Waals surface area contributed by atoms with Crippen LogP contribution in [0.5, 0.6) is 5.75 Å². The summed E-state index contributed by atoms with van der Waals surface area (Å²) in [6, 6.07) is 7.57. The van der Waals surface area contributed by atoms with Crippen LogP contribution in [0.15, 0.2) is 30.5 Å². The lowest BCUT2D eigenvalue weighted by atomic mass is 10.2. The maximum Gasteiger partial charge on any atom is 0.127 e. The average Bonchev–Trinajstić information content (AvgIpc) is 2.82. The van der Waals surface area contributed by atoms with E-state index >= 15 is 0 Å². The fraction of sp³-hybridized carbons (Fsp3) is 0.250. The van der Waals surface area contributed by atoms with E-state index in [2.05, 4.69) is 4.98 Å². The topological polar surface area (TPSA) is 59.1 Å². The van der Waals surface area contributed by atoms with Gasteiger partial charge in [-0.2, -0.15) is 0 Å². The molecular weight excluding hydrogens is 256 g/mol. The van der Waals surface area contributed by atoms with Crippen molar-refractivity contribution >= 4 is 23.7 Å². The highest BCUT2D eigenvalue weighted by Crippen LogP contribution is 2.44. The van der Waals surface area contributed by atoms with E-state index in [-0.39, 0.29) is 18.2 Å². The van der Waals surface area contributed by atoms with Crippen molar-refractivity contribution in [2.75, 3.05) is 0 Å². The van der Waals surface area contributed by atoms with E-state index in [1.165, 1.54) is 4.88 Å². The van der Waals surface area contributed by atoms with Gasteiger partial charge in [0.05, 0.1) is 5.56 Å². The Bertz CT molecular complexity index is 529. The molecule has 2 atom stereocenters. The normalized spacial score (nSPS) is 21.9. The molecule has 90 valence electrons. The molecule has 1 saturated carbocycles. The van der Waals surface area contributed by atoms with E-state index in [1.807, 2.05) is 24.4 Å². The molecule has 0 radical (unpaired) electrons. The molecule has 1 aromatic carbocycles. The number of phenolic OH excluding ortho intramolecular Hbond substituents is 1. The number of benzene rings is 1. The summed E-state index contributed by atoms with van der Waals surface area (Å²) in [6.45, 7) is 0. The fourth-order valence-electron chi connectivity index (χ4n) is 1.78. The first-order chi connectivity index (χ1) is 7.75. The second kappa shape index (κ2) is 4.64. The molecule has 0 aliphatic heterocycles. The molecule has 3 N–H and O–H groups in total. The summed E-state index contributed by atoms with van der Waals surface area (Å²) < 4.78 is 0. The van der Waals surface area contributed by atoms with Gasteiger partial charge in [-0.25, -0.2) is 4.98 Å². The fourth-order valence-corrected chi connectivity index (χ4v) is 2.92. The maximum atomic E-state index is 9.72. The van der Waals surface area contributed by atoms with Gasteiger partial charge in [0.2, 0.25) is 0 Å². The number of phenols is 1. The molecule has 1 heterocycles. The van der Waals surface area contributed by atoms with Crippen LogP contribution in [-0.4, -0.2) is 16.1 Å². The molecular formula is C12H13ClN2OS. The van der Waals surface area contributed by atoms with Gasteiger partial charge < -0.3 is 10.8 Å². The van der Waals surface area contributed by atoms with Crippen molar-refractivity contribution in [2.24, 2.45) is 5.73 Å². The zero-order valence-corrected chi connectivity index (χ0v) is 10.7. The van der Waals surface area contributed by atoms with E-state index in [4.69, 9.17) is 5.73 Å². The standard InChI is InChI=1S/C12H12N2OS.ClH/c13-9-5-8(9)11-6-14-12(16-11)7-3-1-2-4-10(7)15;/h1-4,6,8-9,15H,5,13H2;1H/t8-,9-;/m1./s1. The third-order valence-electron chi connectivity index (χ3n) is 2.86. The Balaban J connectivity index is 0.00000108. The Hall–Kier alpha value is -1.10. The highest BCUT2D eigenvalue weighted by Gasteiger charge is 2.36. The summed E-state index contributed by atoms with van der Waals surface area (Å²) in [5, 5.41) is 10.6. The van der Waals surface area contributed by atoms with Crippen molar-refractivity contribution in [3.05, 3.63) is 35.3 Å². The maximum absolute atomic E-state index is 9.72. The van der Waals surface area contributed by atoms with Crippen molar-refractivity contribution in [2.45, 2.75) is 18.4 Å². The Morgan fingerprint density at radius 1 is 1.35 bits per heavy atom. The first kappa shape index (κ1) is 12.4. The van der Waals surface area contributed by atoms with Crippen molar-refractivity contribution in [1.29, 1.82) is 0 Å². The largest absolute Gasteiger partial charge is 0.507 e. The lowest BCUT2D eigenvalue weighted by molar-refractivity contribution is 0.477. The predicted octanol–water partition coefficient (Wildman–Crippen LogP) is 2.75. The SMILES string of the molecule is Cl.N[C@@H]1C[C@H]1c1cnc(-c2ccccc2O)s1. The number of hydrogen-bond donors (Lipinski definition) is 2. The lowest BCUT2D eigenvalue weighted by Crippen LogP contribution is -1.99. The third-order valence-corrected chi connectivity index (χ3v) is 4.03. The number of aromatic hydroxyl groups is 1. The summed E-state index contributed by atoms with van der Waals surface area (Å²) in [5.74, 6) is 0.764. The van der Waals surface area contributed by atoms with Gasteiger partial charge in [-0.3, -0.25) is 0 Å². The van der Waals surface area contributed by atoms with E-state index in [9.17, 15) is 5.11 Å². The molecule has 3 nitrogen and oxygen atoms in total. The minimum absolute atomic E-state index is 0. The van der Waals surface area contributed by atoms with Gasteiger partial charge in [-0.05, 0) is 18.6 Å². The first-order valence-corrected chi connectivity index (χ1v) is 6.07. The minimum atomic E-state index is 0. The number of hydrogen-bond acceptors (Lipinski definition) is 4. The molecule has 17 heavy (non-hydrogen) atoms. The summed E-state index contributed by atoms with van der Waals surface area (Å²) in [7, 11) is 0. The first-order valence-electron chi connectivity index (χ1n) is 5.25. The van der Waals surface area contributed by atoms with Gasteiger partial charge in [-0.1, -0.05) is 12.1 Å².